The zero-order valence-electron chi connectivity index (χ0n) is 16.7. The van der Waals surface area contributed by atoms with Crippen molar-refractivity contribution in [2.45, 2.75) is 43.6 Å². The number of benzene rings is 2. The van der Waals surface area contributed by atoms with Gasteiger partial charge in [-0.2, -0.15) is 0 Å². The monoisotopic (exact) mass is 430 g/mol. The van der Waals surface area contributed by atoms with E-state index in [9.17, 15) is 22.8 Å². The third-order valence-electron chi connectivity index (χ3n) is 6.55. The van der Waals surface area contributed by atoms with Gasteiger partial charge < -0.3 is 14.5 Å². The van der Waals surface area contributed by atoms with Gasteiger partial charge in [0.1, 0.15) is 23.7 Å². The minimum atomic E-state index is -1.05. The molecule has 2 aromatic rings. The molecule has 3 fully saturated rings. The summed E-state index contributed by atoms with van der Waals surface area (Å²) in [5.74, 6) is -2.55. The number of amides is 2. The molecule has 0 N–H and O–H groups in total. The van der Waals surface area contributed by atoms with Crippen molar-refractivity contribution in [3.63, 3.8) is 0 Å². The van der Waals surface area contributed by atoms with Crippen molar-refractivity contribution in [2.75, 3.05) is 13.1 Å². The van der Waals surface area contributed by atoms with Crippen LogP contribution in [0.1, 0.15) is 47.6 Å². The first-order valence-corrected chi connectivity index (χ1v) is 10.4. The highest BCUT2D eigenvalue weighted by molar-refractivity contribution is 5.95. The van der Waals surface area contributed by atoms with E-state index < -0.39 is 41.2 Å². The van der Waals surface area contributed by atoms with Crippen molar-refractivity contribution in [1.29, 1.82) is 0 Å². The van der Waals surface area contributed by atoms with Crippen LogP contribution in [-0.4, -0.2) is 46.5 Å². The summed E-state index contributed by atoms with van der Waals surface area (Å²) in [6, 6.07) is 8.69. The second kappa shape index (κ2) is 7.37. The SMILES string of the molecule is O=C(c1ccccc1F)N1CCC2(CC1)O[C@@H]1CC[C@@H](c3cc(F)cc(F)c3)N1C2=O. The van der Waals surface area contributed by atoms with E-state index in [1.807, 2.05) is 0 Å². The molecular weight excluding hydrogens is 409 g/mol. The van der Waals surface area contributed by atoms with Gasteiger partial charge in [0.15, 0.2) is 5.60 Å². The fourth-order valence-corrected chi connectivity index (χ4v) is 5.02. The minimum Gasteiger partial charge on any atom is -0.342 e. The first-order chi connectivity index (χ1) is 14.9. The number of rotatable bonds is 2. The van der Waals surface area contributed by atoms with Crippen molar-refractivity contribution in [1.82, 2.24) is 9.80 Å². The Hall–Kier alpha value is -2.87. The molecule has 3 saturated heterocycles. The van der Waals surface area contributed by atoms with Crippen molar-refractivity contribution in [3.8, 4) is 0 Å². The molecule has 2 aromatic carbocycles. The lowest BCUT2D eigenvalue weighted by atomic mass is 9.89. The van der Waals surface area contributed by atoms with E-state index in [4.69, 9.17) is 4.74 Å². The lowest BCUT2D eigenvalue weighted by molar-refractivity contribution is -0.142. The van der Waals surface area contributed by atoms with E-state index in [0.29, 0.717) is 31.2 Å². The molecule has 5 rings (SSSR count). The summed E-state index contributed by atoms with van der Waals surface area (Å²) in [5, 5.41) is 0. The van der Waals surface area contributed by atoms with Crippen molar-refractivity contribution in [3.05, 3.63) is 71.0 Å². The summed E-state index contributed by atoms with van der Waals surface area (Å²) >= 11 is 0. The number of likely N-dealkylation sites (tertiary alicyclic amines) is 1. The van der Waals surface area contributed by atoms with Crippen molar-refractivity contribution >= 4 is 11.8 Å². The molecule has 3 heterocycles. The molecule has 3 aliphatic rings. The standard InChI is InChI=1S/C23H21F3N2O3/c24-15-11-14(12-16(25)13-15)19-5-6-20-28(19)22(30)23(31-20)7-9-27(10-8-23)21(29)17-3-1-2-4-18(17)26/h1-4,11-13,19-20H,5-10H2/t19-,20+/m0/s1. The Balaban J connectivity index is 1.32. The molecule has 0 radical (unpaired) electrons. The summed E-state index contributed by atoms with van der Waals surface area (Å²) in [4.78, 5) is 29.2. The molecule has 1 spiro atoms. The number of carbonyl (C=O) groups excluding carboxylic acids is 2. The molecule has 8 heteroatoms. The van der Waals surface area contributed by atoms with Crippen LogP contribution >= 0.6 is 0 Å². The highest BCUT2D eigenvalue weighted by Gasteiger charge is 2.58. The Morgan fingerprint density at radius 1 is 1.00 bits per heavy atom. The number of hydrogen-bond acceptors (Lipinski definition) is 3. The molecule has 0 unspecified atom stereocenters. The summed E-state index contributed by atoms with van der Waals surface area (Å²) in [7, 11) is 0. The second-order valence-electron chi connectivity index (χ2n) is 8.35. The average Bonchev–Trinajstić information content (AvgIpc) is 3.26. The van der Waals surface area contributed by atoms with Crippen LogP contribution in [0.15, 0.2) is 42.5 Å². The lowest BCUT2D eigenvalue weighted by Gasteiger charge is -2.37. The summed E-state index contributed by atoms with van der Waals surface area (Å²) in [6.45, 7) is 0.525. The Labute approximate surface area is 177 Å². The maximum Gasteiger partial charge on any atom is 0.257 e. The summed E-state index contributed by atoms with van der Waals surface area (Å²) < 4.78 is 47.6. The maximum atomic E-state index is 14.0. The zero-order valence-corrected chi connectivity index (χ0v) is 16.7. The molecular formula is C23H21F3N2O3. The normalized spacial score (nSPS) is 24.7. The van der Waals surface area contributed by atoms with Gasteiger partial charge in [0.25, 0.3) is 11.8 Å². The first kappa shape index (κ1) is 20.1. The maximum absolute atomic E-state index is 14.0. The molecule has 0 saturated carbocycles. The molecule has 2 amide bonds. The zero-order chi connectivity index (χ0) is 21.8. The van der Waals surface area contributed by atoms with Gasteiger partial charge in [0.05, 0.1) is 11.6 Å². The van der Waals surface area contributed by atoms with Crippen molar-refractivity contribution in [2.24, 2.45) is 0 Å². The predicted molar refractivity (Wildman–Crippen MR) is 104 cm³/mol. The number of hydrogen-bond donors (Lipinski definition) is 0. The smallest absolute Gasteiger partial charge is 0.257 e. The fourth-order valence-electron chi connectivity index (χ4n) is 5.02. The summed E-state index contributed by atoms with van der Waals surface area (Å²) in [5.41, 5.74) is -0.631. The number of halogens is 3. The van der Waals surface area contributed by atoms with Gasteiger partial charge >= 0.3 is 0 Å². The van der Waals surface area contributed by atoms with E-state index in [0.717, 1.165) is 6.07 Å². The highest BCUT2D eigenvalue weighted by atomic mass is 19.1. The van der Waals surface area contributed by atoms with Crippen LogP contribution in [0.25, 0.3) is 0 Å². The van der Waals surface area contributed by atoms with Crippen LogP contribution < -0.4 is 0 Å². The van der Waals surface area contributed by atoms with Crippen LogP contribution in [-0.2, 0) is 9.53 Å². The molecule has 0 aromatic heterocycles. The van der Waals surface area contributed by atoms with Gasteiger partial charge in [-0.25, -0.2) is 13.2 Å². The van der Waals surface area contributed by atoms with E-state index in [2.05, 4.69) is 0 Å². The minimum absolute atomic E-state index is 0.00549. The molecule has 162 valence electrons. The number of piperidine rings is 1. The molecule has 3 aliphatic heterocycles. The number of nitrogens with zero attached hydrogens (tertiary/aromatic N) is 2. The van der Waals surface area contributed by atoms with Crippen LogP contribution in [0.4, 0.5) is 13.2 Å². The van der Waals surface area contributed by atoms with Crippen LogP contribution in [0.2, 0.25) is 0 Å². The van der Waals surface area contributed by atoms with Gasteiger partial charge in [-0.1, -0.05) is 12.1 Å². The van der Waals surface area contributed by atoms with Gasteiger partial charge in [0.2, 0.25) is 0 Å². The quantitative estimate of drug-likeness (QED) is 0.728. The molecule has 2 atom stereocenters. The Morgan fingerprint density at radius 2 is 1.68 bits per heavy atom. The Bertz CT molecular complexity index is 1030. The van der Waals surface area contributed by atoms with Gasteiger partial charge in [-0.3, -0.25) is 9.59 Å². The first-order valence-electron chi connectivity index (χ1n) is 10.4. The van der Waals surface area contributed by atoms with Crippen molar-refractivity contribution < 1.29 is 27.5 Å². The lowest BCUT2D eigenvalue weighted by Crippen LogP contribution is -2.51. The van der Waals surface area contributed by atoms with Gasteiger partial charge in [-0.05, 0) is 42.7 Å². The van der Waals surface area contributed by atoms with Gasteiger partial charge in [0, 0.05) is 32.0 Å². The van der Waals surface area contributed by atoms with E-state index >= 15 is 0 Å². The topological polar surface area (TPSA) is 49.9 Å². The van der Waals surface area contributed by atoms with Crippen LogP contribution in [0.5, 0.6) is 0 Å². The summed E-state index contributed by atoms with van der Waals surface area (Å²) in [6.07, 6.45) is 1.28. The van der Waals surface area contributed by atoms with E-state index in [1.54, 1.807) is 11.0 Å². The Morgan fingerprint density at radius 3 is 2.35 bits per heavy atom. The van der Waals surface area contributed by atoms with Crippen LogP contribution in [0, 0.1) is 17.5 Å². The predicted octanol–water partition coefficient (Wildman–Crippen LogP) is 3.80. The van der Waals surface area contributed by atoms with Gasteiger partial charge in [-0.15, -0.1) is 0 Å². The average molecular weight is 430 g/mol. The van der Waals surface area contributed by atoms with E-state index in [1.165, 1.54) is 35.2 Å². The molecule has 0 bridgehead atoms. The molecule has 31 heavy (non-hydrogen) atoms. The second-order valence-corrected chi connectivity index (χ2v) is 8.35. The number of fused-ring (bicyclic) bond motifs is 1. The molecule has 0 aliphatic carbocycles. The Kier molecular flexibility index (Phi) is 4.77. The highest BCUT2D eigenvalue weighted by Crippen LogP contribution is 2.47. The van der Waals surface area contributed by atoms with E-state index in [-0.39, 0.29) is 24.6 Å². The fraction of sp³-hybridized carbons (Fsp3) is 0.391. The number of ether oxygens (including phenoxy) is 1. The third-order valence-corrected chi connectivity index (χ3v) is 6.55. The third kappa shape index (κ3) is 3.29. The largest absolute Gasteiger partial charge is 0.342 e. The molecule has 5 nitrogen and oxygen atoms in total. The van der Waals surface area contributed by atoms with Crippen LogP contribution in [0.3, 0.4) is 0 Å². The number of carbonyl (C=O) groups is 2.